The van der Waals surface area contributed by atoms with Crippen LogP contribution in [0.25, 0.3) is 0 Å². The zero-order valence-electron chi connectivity index (χ0n) is 16.9. The number of hydrogen-bond acceptors (Lipinski definition) is 12. The monoisotopic (exact) mass is 457 g/mol. The highest BCUT2D eigenvalue weighted by Gasteiger charge is 2.48. The van der Waals surface area contributed by atoms with Gasteiger partial charge in [-0.3, -0.25) is 0 Å². The van der Waals surface area contributed by atoms with Crippen LogP contribution in [-0.4, -0.2) is 110 Å². The van der Waals surface area contributed by atoms with Crippen LogP contribution in [0.3, 0.4) is 0 Å². The highest BCUT2D eigenvalue weighted by atomic mass is 16.7. The number of rotatable bonds is 7. The molecule has 12 nitrogen and oxygen atoms in total. The maximum atomic E-state index is 10.3. The summed E-state index contributed by atoms with van der Waals surface area (Å²) < 4.78 is 21.6. The third-order valence-corrected chi connectivity index (χ3v) is 5.43. The molecule has 7 N–H and O–H groups in total. The number of benzene rings is 1. The molecular formula is C20H27NO11. The van der Waals surface area contributed by atoms with E-state index < -0.39 is 80.7 Å². The molecule has 0 aromatic heterocycles. The summed E-state index contributed by atoms with van der Waals surface area (Å²) in [6.45, 7) is -1.14. The number of aliphatic hydroxyl groups excluding tert-OH is 7. The largest absolute Gasteiger partial charge is 0.394 e. The van der Waals surface area contributed by atoms with Crippen LogP contribution in [0.1, 0.15) is 11.7 Å². The third-order valence-electron chi connectivity index (χ3n) is 5.43. The molecule has 12 heteroatoms. The average molecular weight is 457 g/mol. The van der Waals surface area contributed by atoms with Crippen molar-refractivity contribution in [2.24, 2.45) is 0 Å². The standard InChI is InChI=1S/C20H27NO11/c21-6-10(9-4-2-1-3-5-9)30-20-18(28)16(26)14(24)12(32-20)8-29-19-17(27)15(25)13(23)11(7-22)31-19/h1-5,10-20,22-28H,7-8H2/t10-,11-,12+,13-,14+,15+,16-,17-,18+,19-,20+/m1/s1. The van der Waals surface area contributed by atoms with Gasteiger partial charge in [0, 0.05) is 0 Å². The van der Waals surface area contributed by atoms with Crippen LogP contribution in [-0.2, 0) is 18.9 Å². The van der Waals surface area contributed by atoms with Crippen molar-refractivity contribution in [1.82, 2.24) is 0 Å². The van der Waals surface area contributed by atoms with Gasteiger partial charge in [-0.1, -0.05) is 30.3 Å². The first-order valence-electron chi connectivity index (χ1n) is 10.00. The number of nitrogens with zero attached hydrogens (tertiary/aromatic N) is 1. The predicted octanol–water partition coefficient (Wildman–Crippen LogP) is -3.11. The van der Waals surface area contributed by atoms with Crippen molar-refractivity contribution in [2.75, 3.05) is 13.2 Å². The van der Waals surface area contributed by atoms with Gasteiger partial charge >= 0.3 is 0 Å². The molecule has 0 aliphatic carbocycles. The van der Waals surface area contributed by atoms with E-state index in [-0.39, 0.29) is 0 Å². The first-order valence-corrected chi connectivity index (χ1v) is 10.00. The number of ether oxygens (including phenoxy) is 4. The second-order valence-electron chi connectivity index (χ2n) is 7.60. The highest BCUT2D eigenvalue weighted by molar-refractivity contribution is 5.22. The Labute approximate surface area is 183 Å². The van der Waals surface area contributed by atoms with E-state index >= 15 is 0 Å². The van der Waals surface area contributed by atoms with Crippen molar-refractivity contribution in [3.63, 3.8) is 0 Å². The van der Waals surface area contributed by atoms with Gasteiger partial charge in [-0.25, -0.2) is 0 Å². The number of hydrogen-bond donors (Lipinski definition) is 7. The van der Waals surface area contributed by atoms with E-state index in [0.717, 1.165) is 0 Å². The fourth-order valence-electron chi connectivity index (χ4n) is 3.51. The highest BCUT2D eigenvalue weighted by Crippen LogP contribution is 2.28. The van der Waals surface area contributed by atoms with Crippen LogP contribution >= 0.6 is 0 Å². The van der Waals surface area contributed by atoms with Gasteiger partial charge in [0.1, 0.15) is 48.8 Å². The van der Waals surface area contributed by atoms with Gasteiger partial charge in [0.2, 0.25) is 0 Å². The van der Waals surface area contributed by atoms with Gasteiger partial charge in [0.25, 0.3) is 0 Å². The Morgan fingerprint density at radius 2 is 1.38 bits per heavy atom. The molecule has 2 heterocycles. The van der Waals surface area contributed by atoms with Gasteiger partial charge < -0.3 is 54.7 Å². The predicted molar refractivity (Wildman–Crippen MR) is 102 cm³/mol. The summed E-state index contributed by atoms with van der Waals surface area (Å²) in [7, 11) is 0. The molecule has 0 saturated carbocycles. The zero-order chi connectivity index (χ0) is 23.4. The summed E-state index contributed by atoms with van der Waals surface area (Å²) >= 11 is 0. The molecule has 0 spiro atoms. The minimum Gasteiger partial charge on any atom is -0.394 e. The Bertz CT molecular complexity index is 760. The molecule has 1 aromatic rings. The molecule has 1 aromatic carbocycles. The van der Waals surface area contributed by atoms with Crippen LogP contribution in [0.4, 0.5) is 0 Å². The second-order valence-corrected chi connectivity index (χ2v) is 7.60. The van der Waals surface area contributed by atoms with Crippen LogP contribution in [0, 0.1) is 11.3 Å². The molecule has 32 heavy (non-hydrogen) atoms. The summed E-state index contributed by atoms with van der Waals surface area (Å²) in [5.74, 6) is 0. The number of nitriles is 1. The third kappa shape index (κ3) is 5.25. The molecular weight excluding hydrogens is 430 g/mol. The van der Waals surface area contributed by atoms with Crippen molar-refractivity contribution in [3.8, 4) is 6.07 Å². The lowest BCUT2D eigenvalue weighted by molar-refractivity contribution is -0.334. The molecule has 11 atom stereocenters. The van der Waals surface area contributed by atoms with E-state index in [0.29, 0.717) is 5.56 Å². The summed E-state index contributed by atoms with van der Waals surface area (Å²) in [5.41, 5.74) is 0.487. The fraction of sp³-hybridized carbons (Fsp3) is 0.650. The summed E-state index contributed by atoms with van der Waals surface area (Å²) in [6.07, 6.45) is -16.5. The van der Waals surface area contributed by atoms with E-state index in [4.69, 9.17) is 18.9 Å². The van der Waals surface area contributed by atoms with Crippen molar-refractivity contribution < 1.29 is 54.7 Å². The van der Waals surface area contributed by atoms with Crippen molar-refractivity contribution in [3.05, 3.63) is 35.9 Å². The lowest BCUT2D eigenvalue weighted by Crippen LogP contribution is -2.61. The molecule has 3 rings (SSSR count). The van der Waals surface area contributed by atoms with Gasteiger partial charge in [-0.05, 0) is 5.56 Å². The summed E-state index contributed by atoms with van der Waals surface area (Å²) in [5, 5.41) is 79.1. The Kier molecular flexibility index (Phi) is 8.50. The quantitative estimate of drug-likeness (QED) is 0.218. The van der Waals surface area contributed by atoms with Crippen molar-refractivity contribution in [2.45, 2.75) is 67.5 Å². The van der Waals surface area contributed by atoms with E-state index in [9.17, 15) is 41.0 Å². The minimum absolute atomic E-state index is 0.487. The van der Waals surface area contributed by atoms with Crippen molar-refractivity contribution in [1.29, 1.82) is 5.26 Å². The van der Waals surface area contributed by atoms with Gasteiger partial charge in [-0.15, -0.1) is 0 Å². The van der Waals surface area contributed by atoms with E-state index in [1.807, 2.05) is 6.07 Å². The van der Waals surface area contributed by atoms with Crippen LogP contribution in [0.5, 0.6) is 0 Å². The molecule has 2 saturated heterocycles. The lowest BCUT2D eigenvalue weighted by Gasteiger charge is -2.43. The SMILES string of the molecule is N#C[C@@H](O[C@H]1O[C@@H](CO[C@@H]2O[C@H](CO)[C@@H](O)[C@H](O)[C@H]2O)[C@H](O)[C@@H](O)[C@@H]1O)c1ccccc1. The second kappa shape index (κ2) is 10.9. The normalized spacial score (nSPS) is 41.1. The zero-order valence-corrected chi connectivity index (χ0v) is 16.9. The maximum Gasteiger partial charge on any atom is 0.188 e. The Balaban J connectivity index is 1.65. The Morgan fingerprint density at radius 1 is 0.812 bits per heavy atom. The summed E-state index contributed by atoms with van der Waals surface area (Å²) in [6, 6.07) is 10.3. The molecule has 2 aliphatic heterocycles. The van der Waals surface area contributed by atoms with Gasteiger partial charge in [0.05, 0.1) is 19.3 Å². The Morgan fingerprint density at radius 3 is 1.97 bits per heavy atom. The molecule has 2 aliphatic rings. The van der Waals surface area contributed by atoms with Gasteiger partial charge in [0.15, 0.2) is 18.7 Å². The Hall–Kier alpha value is -1.73. The number of aliphatic hydroxyl groups is 7. The van der Waals surface area contributed by atoms with Crippen LogP contribution in [0.2, 0.25) is 0 Å². The molecule has 0 amide bonds. The van der Waals surface area contributed by atoms with E-state index in [1.165, 1.54) is 0 Å². The van der Waals surface area contributed by atoms with Gasteiger partial charge in [-0.2, -0.15) is 5.26 Å². The van der Waals surface area contributed by atoms with Crippen molar-refractivity contribution >= 4 is 0 Å². The molecule has 178 valence electrons. The molecule has 0 radical (unpaired) electrons. The maximum absolute atomic E-state index is 10.3. The topological polar surface area (TPSA) is 202 Å². The van der Waals surface area contributed by atoms with Crippen LogP contribution < -0.4 is 0 Å². The molecule has 0 unspecified atom stereocenters. The first kappa shape index (κ1) is 24.9. The molecule has 2 fully saturated rings. The van der Waals surface area contributed by atoms with Crippen LogP contribution in [0.15, 0.2) is 30.3 Å². The smallest absolute Gasteiger partial charge is 0.188 e. The van der Waals surface area contributed by atoms with E-state index in [1.54, 1.807) is 30.3 Å². The summed E-state index contributed by atoms with van der Waals surface area (Å²) in [4.78, 5) is 0. The molecule has 0 bridgehead atoms. The lowest BCUT2D eigenvalue weighted by atomic mass is 9.98. The minimum atomic E-state index is -1.70. The van der Waals surface area contributed by atoms with E-state index in [2.05, 4.69) is 0 Å². The first-order chi connectivity index (χ1) is 15.3. The average Bonchev–Trinajstić information content (AvgIpc) is 2.81. The fourth-order valence-corrected chi connectivity index (χ4v) is 3.51.